The number of carbonyl (C=O) groups excluding carboxylic acids is 2. The van der Waals surface area contributed by atoms with Crippen LogP contribution in [0.5, 0.6) is 0 Å². The molecule has 0 aromatic carbocycles. The van der Waals surface area contributed by atoms with Crippen molar-refractivity contribution in [1.29, 1.82) is 0 Å². The Morgan fingerprint density at radius 2 is 1.81 bits per heavy atom. The molecule has 0 atom stereocenters. The molecular weight excluding hydrogens is 449 g/mol. The van der Waals surface area contributed by atoms with E-state index in [9.17, 15) is 9.59 Å². The molecule has 0 unspecified atom stereocenters. The maximum atomic E-state index is 12.0. The minimum absolute atomic E-state index is 0. The number of ether oxygens (including phenoxy) is 1. The van der Waals surface area contributed by atoms with E-state index in [-0.39, 0.29) is 42.0 Å². The molecule has 3 N–H and O–H groups in total. The average molecular weight is 483 g/mol. The predicted molar refractivity (Wildman–Crippen MR) is 114 cm³/mol. The van der Waals surface area contributed by atoms with Gasteiger partial charge in [-0.05, 0) is 40.5 Å². The highest BCUT2D eigenvalue weighted by Crippen LogP contribution is 2.14. The Morgan fingerprint density at radius 3 is 2.31 bits per heavy atom. The number of piperidine rings is 1. The molecule has 2 amide bonds. The SMILES string of the molecule is CCNC(=O)C(C)(C)CNC(=NC)NC1CCN(C(=O)OCC)CC1.I. The standard InChI is InChI=1S/C17H33N5O3.HI/c1-6-19-14(23)17(3,4)12-20-15(18-5)21-13-8-10-22(11-9-13)16(24)25-7-2;/h13H,6-12H2,1-5H3,(H,19,23)(H2,18,20,21);1H. The van der Waals surface area contributed by atoms with Crippen molar-refractivity contribution in [3.8, 4) is 0 Å². The first-order valence-electron chi connectivity index (χ1n) is 9.01. The molecule has 1 saturated heterocycles. The highest BCUT2D eigenvalue weighted by molar-refractivity contribution is 14.0. The fourth-order valence-electron chi connectivity index (χ4n) is 2.59. The van der Waals surface area contributed by atoms with E-state index in [1.165, 1.54) is 0 Å². The van der Waals surface area contributed by atoms with Gasteiger partial charge in [-0.15, -0.1) is 24.0 Å². The van der Waals surface area contributed by atoms with Crippen molar-refractivity contribution in [3.63, 3.8) is 0 Å². The van der Waals surface area contributed by atoms with Crippen LogP contribution in [0.1, 0.15) is 40.5 Å². The van der Waals surface area contributed by atoms with Crippen LogP contribution < -0.4 is 16.0 Å². The topological polar surface area (TPSA) is 95.1 Å². The van der Waals surface area contributed by atoms with E-state index in [0.29, 0.717) is 38.7 Å². The van der Waals surface area contributed by atoms with E-state index < -0.39 is 5.41 Å². The van der Waals surface area contributed by atoms with E-state index in [2.05, 4.69) is 20.9 Å². The summed E-state index contributed by atoms with van der Waals surface area (Å²) in [6, 6.07) is 0.240. The summed E-state index contributed by atoms with van der Waals surface area (Å²) in [7, 11) is 1.71. The van der Waals surface area contributed by atoms with Crippen LogP contribution >= 0.6 is 24.0 Å². The highest BCUT2D eigenvalue weighted by atomic mass is 127. The van der Waals surface area contributed by atoms with Crippen molar-refractivity contribution in [2.45, 2.75) is 46.6 Å². The molecule has 0 bridgehead atoms. The summed E-state index contributed by atoms with van der Waals surface area (Å²) in [5.41, 5.74) is -0.527. The first-order valence-corrected chi connectivity index (χ1v) is 9.01. The molecule has 1 heterocycles. The lowest BCUT2D eigenvalue weighted by Gasteiger charge is -2.33. The van der Waals surface area contributed by atoms with Gasteiger partial charge in [0.05, 0.1) is 12.0 Å². The number of carbonyl (C=O) groups is 2. The van der Waals surface area contributed by atoms with Crippen molar-refractivity contribution in [3.05, 3.63) is 0 Å². The van der Waals surface area contributed by atoms with Gasteiger partial charge in [-0.25, -0.2) is 4.79 Å². The van der Waals surface area contributed by atoms with Crippen LogP contribution in [-0.4, -0.2) is 68.7 Å². The van der Waals surface area contributed by atoms with Gasteiger partial charge in [-0.3, -0.25) is 9.79 Å². The number of likely N-dealkylation sites (tertiary alicyclic amines) is 1. The van der Waals surface area contributed by atoms with Crippen molar-refractivity contribution in [1.82, 2.24) is 20.9 Å². The van der Waals surface area contributed by atoms with Gasteiger partial charge in [0, 0.05) is 39.3 Å². The molecule has 1 fully saturated rings. The molecule has 1 aliphatic heterocycles. The lowest BCUT2D eigenvalue weighted by Crippen LogP contribution is -2.52. The third kappa shape index (κ3) is 7.96. The summed E-state index contributed by atoms with van der Waals surface area (Å²) in [6.45, 7) is 10.3. The lowest BCUT2D eigenvalue weighted by atomic mass is 9.92. The largest absolute Gasteiger partial charge is 0.450 e. The molecule has 152 valence electrons. The molecule has 0 spiro atoms. The molecule has 0 aromatic rings. The van der Waals surface area contributed by atoms with E-state index in [4.69, 9.17) is 4.74 Å². The smallest absolute Gasteiger partial charge is 0.409 e. The van der Waals surface area contributed by atoms with E-state index >= 15 is 0 Å². The zero-order valence-electron chi connectivity index (χ0n) is 16.6. The first kappa shape index (κ1) is 24.7. The van der Waals surface area contributed by atoms with Crippen molar-refractivity contribution >= 4 is 41.9 Å². The van der Waals surface area contributed by atoms with Crippen LogP contribution in [0.4, 0.5) is 4.79 Å². The minimum Gasteiger partial charge on any atom is -0.450 e. The van der Waals surface area contributed by atoms with E-state index in [1.54, 1.807) is 11.9 Å². The van der Waals surface area contributed by atoms with Crippen LogP contribution in [0, 0.1) is 5.41 Å². The zero-order valence-corrected chi connectivity index (χ0v) is 18.9. The van der Waals surface area contributed by atoms with Crippen LogP contribution in [0.25, 0.3) is 0 Å². The molecule has 0 radical (unpaired) electrons. The second-order valence-corrected chi connectivity index (χ2v) is 6.77. The van der Waals surface area contributed by atoms with Gasteiger partial charge in [0.25, 0.3) is 0 Å². The number of guanidine groups is 1. The second-order valence-electron chi connectivity index (χ2n) is 6.77. The fourth-order valence-corrected chi connectivity index (χ4v) is 2.59. The molecular formula is C17H34IN5O3. The second kappa shape index (κ2) is 12.2. The van der Waals surface area contributed by atoms with E-state index in [0.717, 1.165) is 12.8 Å². The molecule has 9 heteroatoms. The Balaban J connectivity index is 0.00000625. The molecule has 1 aliphatic rings. The number of halogens is 1. The van der Waals surface area contributed by atoms with Gasteiger partial charge in [0.2, 0.25) is 5.91 Å². The van der Waals surface area contributed by atoms with Gasteiger partial charge >= 0.3 is 6.09 Å². The fraction of sp³-hybridized carbons (Fsp3) is 0.824. The molecule has 26 heavy (non-hydrogen) atoms. The summed E-state index contributed by atoms with van der Waals surface area (Å²) in [4.78, 5) is 29.7. The van der Waals surface area contributed by atoms with Gasteiger partial charge in [-0.1, -0.05) is 0 Å². The zero-order chi connectivity index (χ0) is 18.9. The number of amides is 2. The van der Waals surface area contributed by atoms with Crippen LogP contribution in [0.3, 0.4) is 0 Å². The quantitative estimate of drug-likeness (QED) is 0.303. The van der Waals surface area contributed by atoms with Crippen LogP contribution in [0.15, 0.2) is 4.99 Å². The number of hydrogen-bond donors (Lipinski definition) is 3. The van der Waals surface area contributed by atoms with Crippen molar-refractivity contribution < 1.29 is 14.3 Å². The molecule has 1 rings (SSSR count). The third-order valence-corrected chi connectivity index (χ3v) is 4.24. The predicted octanol–water partition coefficient (Wildman–Crippen LogP) is 1.55. The summed E-state index contributed by atoms with van der Waals surface area (Å²) in [5, 5.41) is 9.44. The number of nitrogens with zero attached hydrogens (tertiary/aromatic N) is 2. The number of rotatable bonds is 6. The Labute approximate surface area is 173 Å². The van der Waals surface area contributed by atoms with E-state index in [1.807, 2.05) is 27.7 Å². The highest BCUT2D eigenvalue weighted by Gasteiger charge is 2.28. The summed E-state index contributed by atoms with van der Waals surface area (Å²) >= 11 is 0. The van der Waals surface area contributed by atoms with Crippen molar-refractivity contribution in [2.75, 3.05) is 39.8 Å². The van der Waals surface area contributed by atoms with Crippen LogP contribution in [-0.2, 0) is 9.53 Å². The Hall–Kier alpha value is -1.26. The monoisotopic (exact) mass is 483 g/mol. The molecule has 8 nitrogen and oxygen atoms in total. The van der Waals surface area contributed by atoms with Gasteiger partial charge in [0.1, 0.15) is 0 Å². The lowest BCUT2D eigenvalue weighted by molar-refractivity contribution is -0.128. The number of nitrogens with one attached hydrogen (secondary N) is 3. The molecule has 0 saturated carbocycles. The number of hydrogen-bond acceptors (Lipinski definition) is 4. The maximum absolute atomic E-state index is 12.0. The molecule has 0 aromatic heterocycles. The summed E-state index contributed by atoms with van der Waals surface area (Å²) < 4.78 is 5.03. The Bertz CT molecular complexity index is 477. The Kier molecular flexibility index (Phi) is 11.6. The maximum Gasteiger partial charge on any atom is 0.409 e. The third-order valence-electron chi connectivity index (χ3n) is 4.24. The van der Waals surface area contributed by atoms with Gasteiger partial charge < -0.3 is 25.6 Å². The summed E-state index contributed by atoms with van der Waals surface area (Å²) in [5.74, 6) is 0.688. The number of aliphatic imine (C=N–C) groups is 1. The van der Waals surface area contributed by atoms with Gasteiger partial charge in [-0.2, -0.15) is 0 Å². The molecule has 0 aliphatic carbocycles. The Morgan fingerprint density at radius 1 is 1.19 bits per heavy atom. The first-order chi connectivity index (χ1) is 11.8. The van der Waals surface area contributed by atoms with Crippen LogP contribution in [0.2, 0.25) is 0 Å². The normalized spacial score (nSPS) is 15.7. The minimum atomic E-state index is -0.527. The summed E-state index contributed by atoms with van der Waals surface area (Å²) in [6.07, 6.45) is 1.42. The van der Waals surface area contributed by atoms with Crippen molar-refractivity contribution in [2.24, 2.45) is 10.4 Å². The average Bonchev–Trinajstić information content (AvgIpc) is 2.59. The van der Waals surface area contributed by atoms with Gasteiger partial charge in [0.15, 0.2) is 5.96 Å².